The maximum absolute atomic E-state index is 2.36. The van der Waals surface area contributed by atoms with Crippen molar-refractivity contribution in [3.63, 3.8) is 0 Å². The molecule has 10 aromatic carbocycles. The van der Waals surface area contributed by atoms with Crippen molar-refractivity contribution < 1.29 is 0 Å². The Kier molecular flexibility index (Phi) is 10.3. The van der Waals surface area contributed by atoms with Gasteiger partial charge in [-0.05, 0) is 111 Å². The Morgan fingerprint density at radius 2 is 0.377 bits per heavy atom. The molecule has 0 amide bonds. The zero-order valence-corrected chi connectivity index (χ0v) is 34.6. The van der Waals surface area contributed by atoms with Crippen LogP contribution in [0.1, 0.15) is 25.3 Å². The Morgan fingerprint density at radius 1 is 0.197 bits per heavy atom. The first-order valence-electron chi connectivity index (χ1n) is 21.4. The number of rotatable bonds is 9. The van der Waals surface area contributed by atoms with Gasteiger partial charge >= 0.3 is 0 Å². The van der Waals surface area contributed by atoms with Gasteiger partial charge in [-0.2, -0.15) is 0 Å². The standard InChI is InChI=1S/C61H46/c1-42(2)43-38-40-51(41-39-43)55-54(46-28-14-5-15-29-46)58(49-34-20-8-21-35-49)60-56(47-30-16-6-17-31-47)52(44-24-10-3-11-25-44)53(45-26-12-4-13-27-45)57(48-32-18-7-19-33-48)61(60)59(55)50-36-22-9-23-37-50/h3-42H,1-2H3. The average Bonchev–Trinajstić information content (AvgIpc) is 3.34. The van der Waals surface area contributed by atoms with Gasteiger partial charge in [-0.15, -0.1) is 0 Å². The third-order valence-electron chi connectivity index (χ3n) is 12.1. The van der Waals surface area contributed by atoms with Crippen molar-refractivity contribution in [3.05, 3.63) is 242 Å². The van der Waals surface area contributed by atoms with E-state index in [1.807, 2.05) is 0 Å². The predicted octanol–water partition coefficient (Wildman–Crippen LogP) is 17.3. The molecule has 0 saturated carbocycles. The van der Waals surface area contributed by atoms with Crippen molar-refractivity contribution in [2.45, 2.75) is 19.8 Å². The van der Waals surface area contributed by atoms with Crippen LogP contribution in [0.5, 0.6) is 0 Å². The van der Waals surface area contributed by atoms with E-state index in [0.29, 0.717) is 5.92 Å². The molecule has 0 bridgehead atoms. The molecule has 0 aliphatic rings. The molecule has 290 valence electrons. The summed E-state index contributed by atoms with van der Waals surface area (Å²) >= 11 is 0. The molecule has 0 heteroatoms. The second kappa shape index (κ2) is 16.6. The zero-order valence-electron chi connectivity index (χ0n) is 34.6. The monoisotopic (exact) mass is 778 g/mol. The summed E-state index contributed by atoms with van der Waals surface area (Å²) in [4.78, 5) is 0. The van der Waals surface area contributed by atoms with Gasteiger partial charge in [0.1, 0.15) is 0 Å². The summed E-state index contributed by atoms with van der Waals surface area (Å²) in [5.74, 6) is 0.413. The topological polar surface area (TPSA) is 0 Å². The Morgan fingerprint density at radius 3 is 0.574 bits per heavy atom. The van der Waals surface area contributed by atoms with Gasteiger partial charge in [-0.3, -0.25) is 0 Å². The van der Waals surface area contributed by atoms with Crippen LogP contribution in [-0.4, -0.2) is 0 Å². The van der Waals surface area contributed by atoms with E-state index in [2.05, 4.69) is 250 Å². The van der Waals surface area contributed by atoms with Gasteiger partial charge < -0.3 is 0 Å². The molecular weight excluding hydrogens is 733 g/mol. The SMILES string of the molecule is CC(C)c1ccc(-c2c(-c3ccccc3)c(-c3ccccc3)c3c(-c4ccccc4)c(-c4ccccc4)c(-c4ccccc4)c(-c4ccccc4)c3c2-c2ccccc2)cc1. The molecule has 0 saturated heterocycles. The molecule has 0 heterocycles. The van der Waals surface area contributed by atoms with E-state index in [9.17, 15) is 0 Å². The van der Waals surface area contributed by atoms with Crippen LogP contribution in [0.25, 0.3) is 99.8 Å². The summed E-state index contributed by atoms with van der Waals surface area (Å²) in [6, 6.07) is 87.1. The molecule has 0 N–H and O–H groups in total. The second-order valence-corrected chi connectivity index (χ2v) is 16.1. The highest BCUT2D eigenvalue weighted by Crippen LogP contribution is 2.59. The number of benzene rings is 10. The van der Waals surface area contributed by atoms with Crippen molar-refractivity contribution in [3.8, 4) is 89.0 Å². The maximum atomic E-state index is 2.36. The van der Waals surface area contributed by atoms with Gasteiger partial charge in [0.2, 0.25) is 0 Å². The van der Waals surface area contributed by atoms with E-state index in [0.717, 1.165) is 0 Å². The zero-order chi connectivity index (χ0) is 41.1. The van der Waals surface area contributed by atoms with Crippen molar-refractivity contribution in [1.82, 2.24) is 0 Å². The van der Waals surface area contributed by atoms with Crippen molar-refractivity contribution >= 4 is 10.8 Å². The van der Waals surface area contributed by atoms with Crippen LogP contribution < -0.4 is 0 Å². The van der Waals surface area contributed by atoms with E-state index < -0.39 is 0 Å². The molecule has 0 aliphatic carbocycles. The lowest BCUT2D eigenvalue weighted by Gasteiger charge is -2.31. The molecule has 0 unspecified atom stereocenters. The summed E-state index contributed by atoms with van der Waals surface area (Å²) in [6.45, 7) is 4.55. The molecule has 0 spiro atoms. The first-order chi connectivity index (χ1) is 30.2. The Hall–Kier alpha value is -7.54. The van der Waals surface area contributed by atoms with Crippen LogP contribution in [0.4, 0.5) is 0 Å². The number of hydrogen-bond acceptors (Lipinski definition) is 0. The second-order valence-electron chi connectivity index (χ2n) is 16.1. The van der Waals surface area contributed by atoms with Crippen LogP contribution in [-0.2, 0) is 0 Å². The minimum Gasteiger partial charge on any atom is -0.0622 e. The van der Waals surface area contributed by atoms with Crippen molar-refractivity contribution in [2.75, 3.05) is 0 Å². The van der Waals surface area contributed by atoms with Gasteiger partial charge in [0.15, 0.2) is 0 Å². The van der Waals surface area contributed by atoms with Crippen LogP contribution >= 0.6 is 0 Å². The largest absolute Gasteiger partial charge is 0.0622 e. The minimum atomic E-state index is 0.413. The summed E-state index contributed by atoms with van der Waals surface area (Å²) in [7, 11) is 0. The van der Waals surface area contributed by atoms with Gasteiger partial charge in [-0.25, -0.2) is 0 Å². The fraction of sp³-hybridized carbons (Fsp3) is 0.0492. The maximum Gasteiger partial charge on any atom is -0.0000936 e. The van der Waals surface area contributed by atoms with E-state index in [1.54, 1.807) is 0 Å². The van der Waals surface area contributed by atoms with Gasteiger partial charge in [0.25, 0.3) is 0 Å². The van der Waals surface area contributed by atoms with Crippen LogP contribution in [0, 0.1) is 0 Å². The Bertz CT molecular complexity index is 3060. The Labute approximate surface area is 360 Å². The molecule has 0 aromatic heterocycles. The summed E-state index contributed by atoms with van der Waals surface area (Å²) in [5, 5.41) is 2.46. The smallest absolute Gasteiger partial charge is 0.0000936 e. The molecule has 10 rings (SSSR count). The molecule has 0 radical (unpaired) electrons. The van der Waals surface area contributed by atoms with Crippen molar-refractivity contribution in [1.29, 1.82) is 0 Å². The average molecular weight is 779 g/mol. The first-order valence-corrected chi connectivity index (χ1v) is 21.4. The Balaban J connectivity index is 1.62. The predicted molar refractivity (Wildman–Crippen MR) is 262 cm³/mol. The van der Waals surface area contributed by atoms with E-state index in [1.165, 1.54) is 105 Å². The molecular formula is C61H46. The molecule has 0 nitrogen and oxygen atoms in total. The fourth-order valence-electron chi connectivity index (χ4n) is 9.33. The highest BCUT2D eigenvalue weighted by Gasteiger charge is 2.32. The normalized spacial score (nSPS) is 11.3. The lowest BCUT2D eigenvalue weighted by molar-refractivity contribution is 0.867. The summed E-state index contributed by atoms with van der Waals surface area (Å²) in [5.41, 5.74) is 20.5. The number of fused-ring (bicyclic) bond motifs is 1. The highest BCUT2D eigenvalue weighted by molar-refractivity contribution is 6.30. The number of hydrogen-bond donors (Lipinski definition) is 0. The summed E-state index contributed by atoms with van der Waals surface area (Å²) in [6.07, 6.45) is 0. The van der Waals surface area contributed by atoms with E-state index in [4.69, 9.17) is 0 Å². The molecule has 10 aromatic rings. The lowest BCUT2D eigenvalue weighted by Crippen LogP contribution is -2.04. The summed E-state index contributed by atoms with van der Waals surface area (Å²) < 4.78 is 0. The van der Waals surface area contributed by atoms with E-state index >= 15 is 0 Å². The first kappa shape index (κ1) is 37.7. The quantitative estimate of drug-likeness (QED) is 0.137. The van der Waals surface area contributed by atoms with Crippen LogP contribution in [0.2, 0.25) is 0 Å². The fourth-order valence-corrected chi connectivity index (χ4v) is 9.33. The van der Waals surface area contributed by atoms with Crippen LogP contribution in [0.3, 0.4) is 0 Å². The molecule has 0 fully saturated rings. The molecule has 0 atom stereocenters. The minimum absolute atomic E-state index is 0.413. The van der Waals surface area contributed by atoms with Crippen LogP contribution in [0.15, 0.2) is 237 Å². The van der Waals surface area contributed by atoms with Gasteiger partial charge in [-0.1, -0.05) is 250 Å². The molecule has 61 heavy (non-hydrogen) atoms. The van der Waals surface area contributed by atoms with Gasteiger partial charge in [0.05, 0.1) is 0 Å². The third-order valence-corrected chi connectivity index (χ3v) is 12.1. The lowest BCUT2D eigenvalue weighted by atomic mass is 9.71. The van der Waals surface area contributed by atoms with Gasteiger partial charge in [0, 0.05) is 0 Å². The highest BCUT2D eigenvalue weighted by atomic mass is 14.3. The third kappa shape index (κ3) is 6.97. The van der Waals surface area contributed by atoms with Crippen molar-refractivity contribution in [2.24, 2.45) is 0 Å². The molecule has 0 aliphatic heterocycles. The van der Waals surface area contributed by atoms with E-state index in [-0.39, 0.29) is 0 Å².